The zero-order chi connectivity index (χ0) is 32.3. The summed E-state index contributed by atoms with van der Waals surface area (Å²) in [7, 11) is 0. The van der Waals surface area contributed by atoms with Crippen LogP contribution in [0.2, 0.25) is 0 Å². The molecular weight excluding hydrogens is 601 g/mol. The normalized spacial score (nSPS) is 11.7. The molecule has 0 radical (unpaired) electrons. The maximum absolute atomic E-state index is 6.53. The quantitative estimate of drug-likeness (QED) is 0.178. The number of hydrogen-bond acceptors (Lipinski definition) is 4. The number of benzene rings is 8. The van der Waals surface area contributed by atoms with Crippen molar-refractivity contribution in [2.75, 3.05) is 4.90 Å². The van der Waals surface area contributed by atoms with Crippen LogP contribution in [0.15, 0.2) is 179 Å². The molecule has 0 aliphatic carbocycles. The number of fused-ring (bicyclic) bond motifs is 7. The maximum atomic E-state index is 6.53. The highest BCUT2D eigenvalue weighted by Gasteiger charge is 2.21. The van der Waals surface area contributed by atoms with E-state index in [2.05, 4.69) is 126 Å². The summed E-state index contributed by atoms with van der Waals surface area (Å²) in [4.78, 5) is 7.14. The van der Waals surface area contributed by atoms with E-state index in [1.54, 1.807) is 0 Å². The molecule has 0 spiro atoms. The van der Waals surface area contributed by atoms with Gasteiger partial charge in [-0.15, -0.1) is 0 Å². The molecule has 4 nitrogen and oxygen atoms in total. The first-order valence-electron chi connectivity index (χ1n) is 16.5. The van der Waals surface area contributed by atoms with Crippen molar-refractivity contribution in [3.05, 3.63) is 170 Å². The van der Waals surface area contributed by atoms with E-state index < -0.39 is 0 Å². The van der Waals surface area contributed by atoms with Crippen molar-refractivity contribution < 1.29 is 8.83 Å². The zero-order valence-electron chi connectivity index (χ0n) is 26.4. The summed E-state index contributed by atoms with van der Waals surface area (Å²) in [6.45, 7) is 0. The molecule has 0 amide bonds. The number of rotatable bonds is 5. The van der Waals surface area contributed by atoms with Crippen molar-refractivity contribution in [2.24, 2.45) is 0 Å². The van der Waals surface area contributed by atoms with Gasteiger partial charge in [-0.05, 0) is 87.3 Å². The van der Waals surface area contributed by atoms with Gasteiger partial charge in [0.1, 0.15) is 16.7 Å². The van der Waals surface area contributed by atoms with Gasteiger partial charge in [0.05, 0.1) is 11.1 Å². The lowest BCUT2D eigenvalue weighted by molar-refractivity contribution is 0.620. The van der Waals surface area contributed by atoms with Crippen LogP contribution in [0.3, 0.4) is 0 Å². The first-order chi connectivity index (χ1) is 24.3. The largest absolute Gasteiger partial charge is 0.456 e. The summed E-state index contributed by atoms with van der Waals surface area (Å²) < 4.78 is 12.8. The molecule has 0 bridgehead atoms. The lowest BCUT2D eigenvalue weighted by atomic mass is 10.0. The molecule has 4 heteroatoms. The summed E-state index contributed by atoms with van der Waals surface area (Å²) in [6.07, 6.45) is 0. The van der Waals surface area contributed by atoms with E-state index in [-0.39, 0.29) is 0 Å². The number of nitrogens with zero attached hydrogens (tertiary/aromatic N) is 2. The third-order valence-electron chi connectivity index (χ3n) is 9.46. The van der Waals surface area contributed by atoms with Crippen LogP contribution in [0.4, 0.5) is 17.1 Å². The fourth-order valence-electron chi connectivity index (χ4n) is 7.12. The number of aromatic nitrogens is 1. The molecule has 0 aliphatic rings. The van der Waals surface area contributed by atoms with Crippen LogP contribution in [0.25, 0.3) is 77.2 Å². The molecular formula is C45H28N2O2. The molecule has 10 rings (SSSR count). The SMILES string of the molecule is c1ccc(-c2ccc(N(c3ccc4c(ccc5ccccc54)c3)c3cccc4oc5cc6nc(-c7ccccc7)oc6cc5c34)cc2)cc1. The van der Waals surface area contributed by atoms with Crippen molar-refractivity contribution in [2.45, 2.75) is 0 Å². The second-order valence-electron chi connectivity index (χ2n) is 12.4. The Labute approximate surface area is 282 Å². The van der Waals surface area contributed by atoms with Gasteiger partial charge in [0.25, 0.3) is 0 Å². The van der Waals surface area contributed by atoms with Gasteiger partial charge in [-0.3, -0.25) is 0 Å². The standard InChI is InChI=1S/C45H28N2O2/c1-3-10-29(11-4-1)30-20-22-34(23-21-30)47(35-24-25-37-33(26-35)19-18-31-12-7-8-15-36(31)37)40-16-9-17-41-44(40)38-27-43-39(28-42(38)48-41)46-45(49-43)32-13-5-2-6-14-32/h1-28H. The molecule has 2 heterocycles. The molecule has 0 fully saturated rings. The highest BCUT2D eigenvalue weighted by molar-refractivity contribution is 6.16. The van der Waals surface area contributed by atoms with Crippen LogP contribution in [-0.4, -0.2) is 4.98 Å². The summed E-state index contributed by atoms with van der Waals surface area (Å²) in [6, 6.07) is 59.4. The van der Waals surface area contributed by atoms with Crippen LogP contribution in [0.5, 0.6) is 0 Å². The van der Waals surface area contributed by atoms with Gasteiger partial charge in [0.2, 0.25) is 5.89 Å². The summed E-state index contributed by atoms with van der Waals surface area (Å²) in [5, 5.41) is 6.90. The number of hydrogen-bond donors (Lipinski definition) is 0. The van der Waals surface area contributed by atoms with Gasteiger partial charge in [-0.1, -0.05) is 109 Å². The van der Waals surface area contributed by atoms with Gasteiger partial charge in [-0.2, -0.15) is 0 Å². The highest BCUT2D eigenvalue weighted by Crippen LogP contribution is 2.45. The highest BCUT2D eigenvalue weighted by atomic mass is 16.4. The molecule has 8 aromatic carbocycles. The van der Waals surface area contributed by atoms with E-state index in [0.29, 0.717) is 5.89 Å². The number of anilines is 3. The lowest BCUT2D eigenvalue weighted by Gasteiger charge is -2.27. The Morgan fingerprint density at radius 2 is 1.10 bits per heavy atom. The molecule has 10 aromatic rings. The minimum atomic E-state index is 0.594. The fourth-order valence-corrected chi connectivity index (χ4v) is 7.12. The van der Waals surface area contributed by atoms with Crippen molar-refractivity contribution >= 4 is 71.6 Å². The second-order valence-corrected chi connectivity index (χ2v) is 12.4. The third kappa shape index (κ3) is 4.57. The Morgan fingerprint density at radius 3 is 1.94 bits per heavy atom. The van der Waals surface area contributed by atoms with Crippen molar-refractivity contribution in [3.8, 4) is 22.6 Å². The van der Waals surface area contributed by atoms with Crippen LogP contribution < -0.4 is 4.90 Å². The Balaban J connectivity index is 1.19. The van der Waals surface area contributed by atoms with Crippen molar-refractivity contribution in [1.29, 1.82) is 0 Å². The fraction of sp³-hybridized carbons (Fsp3) is 0. The number of furan rings is 1. The number of oxazole rings is 1. The summed E-state index contributed by atoms with van der Waals surface area (Å²) >= 11 is 0. The molecule has 0 N–H and O–H groups in total. The minimum Gasteiger partial charge on any atom is -0.456 e. The minimum absolute atomic E-state index is 0.594. The zero-order valence-corrected chi connectivity index (χ0v) is 26.4. The van der Waals surface area contributed by atoms with Crippen LogP contribution in [-0.2, 0) is 0 Å². The molecule has 0 unspecified atom stereocenters. The van der Waals surface area contributed by atoms with E-state index in [0.717, 1.165) is 55.7 Å². The Morgan fingerprint density at radius 1 is 0.408 bits per heavy atom. The molecule has 49 heavy (non-hydrogen) atoms. The Hall–Kier alpha value is -6.65. The average molecular weight is 629 g/mol. The molecule has 0 saturated heterocycles. The monoisotopic (exact) mass is 628 g/mol. The van der Waals surface area contributed by atoms with Crippen LogP contribution in [0.1, 0.15) is 0 Å². The summed E-state index contributed by atoms with van der Waals surface area (Å²) in [5.41, 5.74) is 9.49. The van der Waals surface area contributed by atoms with E-state index in [1.807, 2.05) is 48.5 Å². The molecule has 0 atom stereocenters. The van der Waals surface area contributed by atoms with Crippen LogP contribution >= 0.6 is 0 Å². The van der Waals surface area contributed by atoms with Gasteiger partial charge < -0.3 is 13.7 Å². The van der Waals surface area contributed by atoms with Gasteiger partial charge in [0, 0.05) is 28.4 Å². The Bertz CT molecular complexity index is 2820. The van der Waals surface area contributed by atoms with Gasteiger partial charge >= 0.3 is 0 Å². The maximum Gasteiger partial charge on any atom is 0.227 e. The molecule has 0 aliphatic heterocycles. The predicted molar refractivity (Wildman–Crippen MR) is 202 cm³/mol. The first kappa shape index (κ1) is 27.5. The van der Waals surface area contributed by atoms with E-state index in [9.17, 15) is 0 Å². The van der Waals surface area contributed by atoms with Crippen molar-refractivity contribution in [1.82, 2.24) is 4.98 Å². The Kier molecular flexibility index (Phi) is 6.15. The van der Waals surface area contributed by atoms with E-state index >= 15 is 0 Å². The van der Waals surface area contributed by atoms with E-state index in [4.69, 9.17) is 13.8 Å². The lowest BCUT2D eigenvalue weighted by Crippen LogP contribution is -2.10. The van der Waals surface area contributed by atoms with Crippen molar-refractivity contribution in [3.63, 3.8) is 0 Å². The van der Waals surface area contributed by atoms with Gasteiger partial charge in [0.15, 0.2) is 5.58 Å². The van der Waals surface area contributed by atoms with Crippen LogP contribution in [0, 0.1) is 0 Å². The average Bonchev–Trinajstić information content (AvgIpc) is 3.76. The topological polar surface area (TPSA) is 42.4 Å². The molecule has 230 valence electrons. The first-order valence-corrected chi connectivity index (χ1v) is 16.5. The summed E-state index contributed by atoms with van der Waals surface area (Å²) in [5.74, 6) is 0.594. The molecule has 2 aromatic heterocycles. The third-order valence-corrected chi connectivity index (χ3v) is 9.46. The van der Waals surface area contributed by atoms with Gasteiger partial charge in [-0.25, -0.2) is 4.98 Å². The van der Waals surface area contributed by atoms with E-state index in [1.165, 1.54) is 32.7 Å². The predicted octanol–water partition coefficient (Wildman–Crippen LogP) is 12.8. The second kappa shape index (κ2) is 11.0. The molecule has 0 saturated carbocycles. The smallest absolute Gasteiger partial charge is 0.227 e.